The third-order valence-electron chi connectivity index (χ3n) is 3.56. The largest absolute Gasteiger partial charge is 0.363 e. The Balaban J connectivity index is 2.22. The molecule has 2 nitrogen and oxygen atoms in total. The van der Waals surface area contributed by atoms with E-state index in [1.807, 2.05) is 0 Å². The lowest BCUT2D eigenvalue weighted by Gasteiger charge is -2.33. The quantitative estimate of drug-likeness (QED) is 0.585. The van der Waals surface area contributed by atoms with Crippen LogP contribution in [0.1, 0.15) is 52.9 Å². The van der Waals surface area contributed by atoms with Gasteiger partial charge >= 0.3 is 0 Å². The van der Waals surface area contributed by atoms with Gasteiger partial charge in [-0.25, -0.2) is 0 Å². The normalized spacial score (nSPS) is 29.8. The maximum atomic E-state index is 5.31. The highest BCUT2D eigenvalue weighted by molar-refractivity contribution is 7.80. The SMILES string of the molecule is CCCCNC(=S)NC1CCC(C)CC1C. The van der Waals surface area contributed by atoms with Gasteiger partial charge in [-0.3, -0.25) is 0 Å². The lowest BCUT2D eigenvalue weighted by Crippen LogP contribution is -2.46. The summed E-state index contributed by atoms with van der Waals surface area (Å²) in [5.74, 6) is 1.63. The van der Waals surface area contributed by atoms with Gasteiger partial charge in [0, 0.05) is 12.6 Å². The molecule has 3 atom stereocenters. The fraction of sp³-hybridized carbons (Fsp3) is 0.923. The summed E-state index contributed by atoms with van der Waals surface area (Å²) in [6.07, 6.45) is 6.33. The molecule has 3 heteroatoms. The van der Waals surface area contributed by atoms with Crippen LogP contribution in [0.2, 0.25) is 0 Å². The number of thiocarbonyl (C=S) groups is 1. The second kappa shape index (κ2) is 7.10. The van der Waals surface area contributed by atoms with E-state index in [2.05, 4.69) is 31.4 Å². The minimum absolute atomic E-state index is 0.581. The maximum Gasteiger partial charge on any atom is 0.166 e. The molecule has 3 unspecified atom stereocenters. The topological polar surface area (TPSA) is 24.1 Å². The van der Waals surface area contributed by atoms with Gasteiger partial charge in [0.15, 0.2) is 5.11 Å². The zero-order valence-electron chi connectivity index (χ0n) is 10.9. The Labute approximate surface area is 106 Å². The van der Waals surface area contributed by atoms with Crippen LogP contribution in [-0.2, 0) is 0 Å². The number of unbranched alkanes of at least 4 members (excludes halogenated alkanes) is 1. The summed E-state index contributed by atoms with van der Waals surface area (Å²) in [5, 5.41) is 7.60. The summed E-state index contributed by atoms with van der Waals surface area (Å²) in [6, 6.07) is 0.581. The van der Waals surface area contributed by atoms with Gasteiger partial charge in [0.2, 0.25) is 0 Å². The molecule has 0 amide bonds. The first-order valence-corrected chi connectivity index (χ1v) is 7.08. The average molecular weight is 242 g/mol. The third kappa shape index (κ3) is 4.69. The summed E-state index contributed by atoms with van der Waals surface area (Å²) in [7, 11) is 0. The first-order chi connectivity index (χ1) is 7.63. The second-order valence-corrected chi connectivity index (χ2v) is 5.66. The molecule has 0 spiro atoms. The van der Waals surface area contributed by atoms with Crippen LogP contribution < -0.4 is 10.6 Å². The molecule has 0 aromatic carbocycles. The summed E-state index contributed by atoms with van der Waals surface area (Å²) >= 11 is 5.31. The van der Waals surface area contributed by atoms with Crippen molar-refractivity contribution in [1.82, 2.24) is 10.6 Å². The van der Waals surface area contributed by atoms with Crippen molar-refractivity contribution in [2.24, 2.45) is 11.8 Å². The number of hydrogen-bond donors (Lipinski definition) is 2. The fourth-order valence-electron chi connectivity index (χ4n) is 2.48. The number of nitrogens with one attached hydrogen (secondary N) is 2. The molecule has 0 heterocycles. The first-order valence-electron chi connectivity index (χ1n) is 6.67. The standard InChI is InChI=1S/C13H26N2S/c1-4-5-8-14-13(16)15-12-7-6-10(2)9-11(12)3/h10-12H,4-9H2,1-3H3,(H2,14,15,16). The molecule has 1 aliphatic rings. The van der Waals surface area contributed by atoms with Crippen LogP contribution in [0.25, 0.3) is 0 Å². The van der Waals surface area contributed by atoms with Gasteiger partial charge in [-0.15, -0.1) is 0 Å². The van der Waals surface area contributed by atoms with Crippen LogP contribution >= 0.6 is 12.2 Å². The lowest BCUT2D eigenvalue weighted by molar-refractivity contribution is 0.247. The monoisotopic (exact) mass is 242 g/mol. The van der Waals surface area contributed by atoms with Crippen LogP contribution in [0, 0.1) is 11.8 Å². The molecule has 0 radical (unpaired) electrons. The van der Waals surface area contributed by atoms with Crippen molar-refractivity contribution in [3.8, 4) is 0 Å². The lowest BCUT2D eigenvalue weighted by atomic mass is 9.80. The van der Waals surface area contributed by atoms with Crippen LogP contribution in [0.3, 0.4) is 0 Å². The Morgan fingerprint density at radius 3 is 2.69 bits per heavy atom. The summed E-state index contributed by atoms with van der Waals surface area (Å²) in [6.45, 7) is 7.88. The van der Waals surface area contributed by atoms with Gasteiger partial charge in [-0.2, -0.15) is 0 Å². The molecule has 94 valence electrons. The molecule has 0 bridgehead atoms. The molecule has 0 aliphatic heterocycles. The van der Waals surface area contributed by atoms with Crippen LogP contribution in [0.4, 0.5) is 0 Å². The van der Waals surface area contributed by atoms with Gasteiger partial charge < -0.3 is 10.6 Å². The van der Waals surface area contributed by atoms with Crippen LogP contribution in [-0.4, -0.2) is 17.7 Å². The van der Waals surface area contributed by atoms with E-state index in [1.54, 1.807) is 0 Å². The van der Waals surface area contributed by atoms with Gasteiger partial charge in [0.1, 0.15) is 0 Å². The third-order valence-corrected chi connectivity index (χ3v) is 3.83. The molecule has 1 aliphatic carbocycles. The van der Waals surface area contributed by atoms with Crippen molar-refractivity contribution < 1.29 is 0 Å². The van der Waals surface area contributed by atoms with Gasteiger partial charge in [0.25, 0.3) is 0 Å². The molecule has 0 saturated heterocycles. The van der Waals surface area contributed by atoms with E-state index in [-0.39, 0.29) is 0 Å². The molecular formula is C13H26N2S. The van der Waals surface area contributed by atoms with Crippen molar-refractivity contribution in [1.29, 1.82) is 0 Å². The van der Waals surface area contributed by atoms with Crippen molar-refractivity contribution in [3.05, 3.63) is 0 Å². The van der Waals surface area contributed by atoms with Gasteiger partial charge in [-0.1, -0.05) is 27.2 Å². The van der Waals surface area contributed by atoms with Crippen LogP contribution in [0.15, 0.2) is 0 Å². The highest BCUT2D eigenvalue weighted by Gasteiger charge is 2.25. The smallest absolute Gasteiger partial charge is 0.166 e. The molecule has 0 aromatic rings. The first kappa shape index (κ1) is 13.8. The molecule has 1 fully saturated rings. The molecule has 0 aromatic heterocycles. The minimum atomic E-state index is 0.581. The number of rotatable bonds is 4. The zero-order valence-corrected chi connectivity index (χ0v) is 11.7. The Morgan fingerprint density at radius 2 is 2.06 bits per heavy atom. The molecule has 1 saturated carbocycles. The zero-order chi connectivity index (χ0) is 12.0. The van der Waals surface area contributed by atoms with E-state index in [0.717, 1.165) is 23.5 Å². The number of hydrogen-bond acceptors (Lipinski definition) is 1. The Morgan fingerprint density at radius 1 is 1.31 bits per heavy atom. The molecular weight excluding hydrogens is 216 g/mol. The Kier molecular flexibility index (Phi) is 6.10. The Hall–Kier alpha value is -0.310. The molecule has 2 N–H and O–H groups in total. The predicted octanol–water partition coefficient (Wildman–Crippen LogP) is 3.08. The van der Waals surface area contributed by atoms with Crippen molar-refractivity contribution in [2.45, 2.75) is 58.9 Å². The summed E-state index contributed by atoms with van der Waals surface area (Å²) in [4.78, 5) is 0. The minimum Gasteiger partial charge on any atom is -0.363 e. The predicted molar refractivity (Wildman–Crippen MR) is 74.6 cm³/mol. The van der Waals surface area contributed by atoms with E-state index in [0.29, 0.717) is 6.04 Å². The van der Waals surface area contributed by atoms with E-state index in [4.69, 9.17) is 12.2 Å². The fourth-order valence-corrected chi connectivity index (χ4v) is 2.73. The average Bonchev–Trinajstić information content (AvgIpc) is 2.23. The van der Waals surface area contributed by atoms with Crippen molar-refractivity contribution >= 4 is 17.3 Å². The van der Waals surface area contributed by atoms with Crippen LogP contribution in [0.5, 0.6) is 0 Å². The van der Waals surface area contributed by atoms with E-state index >= 15 is 0 Å². The van der Waals surface area contributed by atoms with Gasteiger partial charge in [-0.05, 0) is 49.7 Å². The van der Waals surface area contributed by atoms with E-state index in [1.165, 1.54) is 32.1 Å². The second-order valence-electron chi connectivity index (χ2n) is 5.26. The van der Waals surface area contributed by atoms with Crippen molar-refractivity contribution in [3.63, 3.8) is 0 Å². The highest BCUT2D eigenvalue weighted by Crippen LogP contribution is 2.28. The molecule has 1 rings (SSSR count). The van der Waals surface area contributed by atoms with Crippen molar-refractivity contribution in [2.75, 3.05) is 6.54 Å². The van der Waals surface area contributed by atoms with E-state index < -0.39 is 0 Å². The molecule has 16 heavy (non-hydrogen) atoms. The summed E-state index contributed by atoms with van der Waals surface area (Å²) < 4.78 is 0. The maximum absolute atomic E-state index is 5.31. The van der Waals surface area contributed by atoms with Gasteiger partial charge in [0.05, 0.1) is 0 Å². The highest BCUT2D eigenvalue weighted by atomic mass is 32.1. The van der Waals surface area contributed by atoms with E-state index in [9.17, 15) is 0 Å². The Bertz CT molecular complexity index is 218. The summed E-state index contributed by atoms with van der Waals surface area (Å²) in [5.41, 5.74) is 0.